The zero-order chi connectivity index (χ0) is 22.8. The first-order chi connectivity index (χ1) is 15.3. The topological polar surface area (TPSA) is 35.5 Å². The van der Waals surface area contributed by atoms with E-state index in [0.717, 1.165) is 16.2 Å². The first-order valence-corrected chi connectivity index (χ1v) is 15.0. The minimum atomic E-state index is -3.25. The van der Waals surface area contributed by atoms with Crippen molar-refractivity contribution in [1.29, 1.82) is 0 Å². The molecule has 1 atom stereocenters. The Labute approximate surface area is 196 Å². The van der Waals surface area contributed by atoms with Crippen LogP contribution in [0.15, 0.2) is 103 Å². The summed E-state index contributed by atoms with van der Waals surface area (Å²) >= 11 is 5.97. The molecule has 3 aromatic rings. The monoisotopic (exact) mass is 482 g/mol. The third-order valence-electron chi connectivity index (χ3n) is 5.68. The highest BCUT2D eigenvalue weighted by Crippen LogP contribution is 2.71. The maximum Gasteiger partial charge on any atom is 0.216 e. The summed E-state index contributed by atoms with van der Waals surface area (Å²) in [5.74, 6) is 0. The van der Waals surface area contributed by atoms with Crippen LogP contribution >= 0.6 is 13.6 Å². The lowest BCUT2D eigenvalue weighted by Crippen LogP contribution is -2.30. The van der Waals surface area contributed by atoms with Crippen molar-refractivity contribution in [2.24, 2.45) is 5.41 Å². The van der Waals surface area contributed by atoms with E-state index in [1.165, 1.54) is 0 Å². The van der Waals surface area contributed by atoms with Gasteiger partial charge < -0.3 is 13.6 Å². The molecule has 0 aromatic heterocycles. The van der Waals surface area contributed by atoms with Crippen LogP contribution in [0.4, 0.5) is 0 Å². The molecule has 1 heterocycles. The van der Waals surface area contributed by atoms with Crippen LogP contribution in [-0.2, 0) is 25.4 Å². The van der Waals surface area contributed by atoms with Gasteiger partial charge in [0.2, 0.25) is 6.49 Å². The Morgan fingerprint density at radius 1 is 0.875 bits per heavy atom. The van der Waals surface area contributed by atoms with E-state index in [0.29, 0.717) is 18.5 Å². The lowest BCUT2D eigenvalue weighted by molar-refractivity contribution is 0.0625. The van der Waals surface area contributed by atoms with Crippen molar-refractivity contribution in [3.05, 3.63) is 108 Å². The van der Waals surface area contributed by atoms with Gasteiger partial charge in [-0.15, -0.1) is 0 Å². The molecule has 0 bridgehead atoms. The number of allylic oxidation sites excluding steroid dienone is 1. The molecule has 4 rings (SSSR count). The van der Waals surface area contributed by atoms with Gasteiger partial charge in [-0.2, -0.15) is 0 Å². The number of benzene rings is 3. The van der Waals surface area contributed by atoms with Crippen LogP contribution in [0, 0.1) is 5.41 Å². The molecule has 0 radical (unpaired) electrons. The van der Waals surface area contributed by atoms with Gasteiger partial charge in [-0.05, 0) is 17.4 Å². The average Bonchev–Trinajstić information content (AvgIpc) is 2.83. The average molecular weight is 483 g/mol. The van der Waals surface area contributed by atoms with Crippen LogP contribution in [0.2, 0.25) is 0 Å². The van der Waals surface area contributed by atoms with Crippen molar-refractivity contribution in [2.45, 2.75) is 19.5 Å². The first-order valence-electron chi connectivity index (χ1n) is 10.6. The minimum absolute atomic E-state index is 0.118. The molecular weight excluding hydrogens is 454 g/mol. The highest BCUT2D eigenvalue weighted by molar-refractivity contribution is 8.12. The van der Waals surface area contributed by atoms with E-state index in [-0.39, 0.29) is 5.41 Å². The first kappa shape index (κ1) is 23.4. The summed E-state index contributed by atoms with van der Waals surface area (Å²) in [6, 6.07) is 29.1. The maximum atomic E-state index is 15.3. The van der Waals surface area contributed by atoms with E-state index < -0.39 is 19.3 Å². The van der Waals surface area contributed by atoms with Gasteiger partial charge in [0.15, 0.2) is 7.14 Å². The van der Waals surface area contributed by atoms with Gasteiger partial charge in [-0.1, -0.05) is 111 Å². The molecule has 0 amide bonds. The van der Waals surface area contributed by atoms with Crippen LogP contribution in [0.1, 0.15) is 25.1 Å². The number of rotatable bonds is 6. The molecule has 1 fully saturated rings. The van der Waals surface area contributed by atoms with Crippen molar-refractivity contribution in [3.63, 3.8) is 0 Å². The normalized spacial score (nSPS) is 18.6. The SMILES string of the molecule is C=C(C(c1ccccc1)P(=O)(c1ccccc1)c1ccccc1)P1(=S)OCC(C)(C)CO1. The number of hydrogen-bond donors (Lipinski definition) is 0. The summed E-state index contributed by atoms with van der Waals surface area (Å²) in [5, 5.41) is 2.13. The third-order valence-corrected chi connectivity index (χ3v) is 12.6. The van der Waals surface area contributed by atoms with Gasteiger partial charge >= 0.3 is 0 Å². The quantitative estimate of drug-likeness (QED) is 0.369. The fourth-order valence-corrected chi connectivity index (χ4v) is 10.7. The highest BCUT2D eigenvalue weighted by Gasteiger charge is 2.46. The van der Waals surface area contributed by atoms with Gasteiger partial charge in [0.05, 0.1) is 18.9 Å². The molecule has 1 saturated heterocycles. The van der Waals surface area contributed by atoms with E-state index in [9.17, 15) is 0 Å². The Hall–Kier alpha value is -1.80. The van der Waals surface area contributed by atoms with Crippen molar-refractivity contribution in [2.75, 3.05) is 13.2 Å². The van der Waals surface area contributed by atoms with E-state index in [4.69, 9.17) is 20.9 Å². The van der Waals surface area contributed by atoms with Crippen molar-refractivity contribution >= 4 is 36.0 Å². The molecule has 166 valence electrons. The molecule has 1 unspecified atom stereocenters. The summed E-state index contributed by atoms with van der Waals surface area (Å²) in [6.45, 7) is 6.69. The van der Waals surface area contributed by atoms with E-state index in [2.05, 4.69) is 20.4 Å². The molecule has 0 spiro atoms. The molecule has 0 saturated carbocycles. The fraction of sp³-hybridized carbons (Fsp3) is 0.231. The van der Waals surface area contributed by atoms with Gasteiger partial charge in [-0.25, -0.2) is 0 Å². The van der Waals surface area contributed by atoms with Gasteiger partial charge in [0.1, 0.15) is 0 Å². The second-order valence-electron chi connectivity index (χ2n) is 8.84. The summed E-state index contributed by atoms with van der Waals surface area (Å²) in [6.07, 6.45) is 0. The molecule has 0 N–H and O–H groups in total. The van der Waals surface area contributed by atoms with Crippen LogP contribution in [0.5, 0.6) is 0 Å². The van der Waals surface area contributed by atoms with E-state index >= 15 is 4.57 Å². The van der Waals surface area contributed by atoms with Crippen molar-refractivity contribution in [3.8, 4) is 0 Å². The summed E-state index contributed by atoms with van der Waals surface area (Å²) < 4.78 is 27.7. The van der Waals surface area contributed by atoms with Crippen LogP contribution < -0.4 is 10.6 Å². The smallest absolute Gasteiger partial charge is 0.216 e. The molecule has 1 aliphatic heterocycles. The summed E-state index contributed by atoms with van der Waals surface area (Å²) in [7, 11) is -3.25. The van der Waals surface area contributed by atoms with Crippen molar-refractivity contribution < 1.29 is 13.6 Å². The third kappa shape index (κ3) is 4.49. The molecule has 6 heteroatoms. The second kappa shape index (κ2) is 9.21. The Bertz CT molecular complexity index is 1120. The van der Waals surface area contributed by atoms with Gasteiger partial charge in [0, 0.05) is 21.3 Å². The maximum absolute atomic E-state index is 15.3. The van der Waals surface area contributed by atoms with E-state index in [1.54, 1.807) is 0 Å². The minimum Gasteiger partial charge on any atom is -0.326 e. The summed E-state index contributed by atoms with van der Waals surface area (Å²) in [4.78, 5) is 0. The van der Waals surface area contributed by atoms with Gasteiger partial charge in [0.25, 0.3) is 0 Å². The Morgan fingerprint density at radius 3 is 1.72 bits per heavy atom. The van der Waals surface area contributed by atoms with Crippen molar-refractivity contribution in [1.82, 2.24) is 0 Å². The molecule has 0 aliphatic carbocycles. The van der Waals surface area contributed by atoms with Crippen LogP contribution in [-0.4, -0.2) is 13.2 Å². The molecule has 1 aliphatic rings. The molecule has 32 heavy (non-hydrogen) atoms. The zero-order valence-electron chi connectivity index (χ0n) is 18.4. The largest absolute Gasteiger partial charge is 0.326 e. The Morgan fingerprint density at radius 2 is 1.28 bits per heavy atom. The molecule has 3 aromatic carbocycles. The van der Waals surface area contributed by atoms with Gasteiger partial charge in [-0.3, -0.25) is 0 Å². The number of hydrogen-bond acceptors (Lipinski definition) is 4. The fourth-order valence-electron chi connectivity index (χ4n) is 3.91. The predicted molar refractivity (Wildman–Crippen MR) is 138 cm³/mol. The standard InChI is InChI=1S/C26H28O3P2S/c1-21(31(32)28-19-26(2,3)20-29-31)25(22-13-7-4-8-14-22)30(27,23-15-9-5-10-16-23)24-17-11-6-12-18-24/h4-18,25H,1,19-20H2,2-3H3. The molecule has 3 nitrogen and oxygen atoms in total. The highest BCUT2D eigenvalue weighted by atomic mass is 32.5. The lowest BCUT2D eigenvalue weighted by Gasteiger charge is -2.40. The molecular formula is C26H28O3P2S. The van der Waals surface area contributed by atoms with Crippen LogP contribution in [0.3, 0.4) is 0 Å². The predicted octanol–water partition coefficient (Wildman–Crippen LogP) is 6.64. The second-order valence-corrected chi connectivity index (χ2v) is 15.2. The lowest BCUT2D eigenvalue weighted by atomic mass is 9.97. The van der Waals surface area contributed by atoms with E-state index in [1.807, 2.05) is 91.0 Å². The summed E-state index contributed by atoms with van der Waals surface area (Å²) in [5.41, 5.74) is 0.225. The Kier molecular flexibility index (Phi) is 6.73. The van der Waals surface area contributed by atoms with Crippen LogP contribution in [0.25, 0.3) is 0 Å². The Balaban J connectivity index is 1.92. The zero-order valence-corrected chi connectivity index (χ0v) is 21.0.